The second-order valence-corrected chi connectivity index (χ2v) is 6.56. The highest BCUT2D eigenvalue weighted by molar-refractivity contribution is 7.12. The number of amides is 1. The van der Waals surface area contributed by atoms with E-state index in [2.05, 4.69) is 22.0 Å². The zero-order valence-corrected chi connectivity index (χ0v) is 13.1. The van der Waals surface area contributed by atoms with E-state index in [1.54, 1.807) is 0 Å². The zero-order valence-electron chi connectivity index (χ0n) is 12.3. The molecule has 0 N–H and O–H groups in total. The molecule has 0 bridgehead atoms. The molecule has 0 aliphatic carbocycles. The van der Waals surface area contributed by atoms with Gasteiger partial charge in [-0.05, 0) is 61.7 Å². The van der Waals surface area contributed by atoms with Gasteiger partial charge in [-0.1, -0.05) is 6.07 Å². The lowest BCUT2D eigenvalue weighted by Crippen LogP contribution is -2.35. The van der Waals surface area contributed by atoms with Crippen molar-refractivity contribution in [3.05, 3.63) is 52.0 Å². The fraction of sp³-hybridized carbons (Fsp3) is 0.412. The van der Waals surface area contributed by atoms with Gasteiger partial charge in [0.15, 0.2) is 0 Å². The van der Waals surface area contributed by atoms with Crippen molar-refractivity contribution in [1.29, 1.82) is 0 Å². The summed E-state index contributed by atoms with van der Waals surface area (Å²) >= 11 is 1.54. The monoisotopic (exact) mass is 300 g/mol. The van der Waals surface area contributed by atoms with Gasteiger partial charge in [0.25, 0.3) is 5.91 Å². The second kappa shape index (κ2) is 6.39. The number of carbonyl (C=O) groups excluding carboxylic acids is 1. The molecular formula is C17H20N2OS. The topological polar surface area (TPSA) is 33.2 Å². The Morgan fingerprint density at radius 1 is 1.48 bits per heavy atom. The van der Waals surface area contributed by atoms with Crippen LogP contribution >= 0.6 is 11.3 Å². The molecule has 3 nitrogen and oxygen atoms in total. The number of aryl methyl sites for hydroxylation is 2. The number of hydrogen-bond donors (Lipinski definition) is 0. The van der Waals surface area contributed by atoms with Crippen molar-refractivity contribution in [1.82, 2.24) is 9.88 Å². The summed E-state index contributed by atoms with van der Waals surface area (Å²) in [5.74, 6) is 0.207. The van der Waals surface area contributed by atoms with E-state index in [9.17, 15) is 4.79 Å². The van der Waals surface area contributed by atoms with Crippen molar-refractivity contribution >= 4 is 17.2 Å². The predicted molar refractivity (Wildman–Crippen MR) is 85.7 cm³/mol. The Balaban J connectivity index is 1.63. The van der Waals surface area contributed by atoms with E-state index in [1.165, 1.54) is 16.9 Å². The summed E-state index contributed by atoms with van der Waals surface area (Å²) in [4.78, 5) is 19.7. The van der Waals surface area contributed by atoms with E-state index in [4.69, 9.17) is 0 Å². The maximum absolute atomic E-state index is 12.5. The van der Waals surface area contributed by atoms with Crippen LogP contribution in [0, 0.1) is 6.92 Å². The Hall–Kier alpha value is -1.68. The lowest BCUT2D eigenvalue weighted by atomic mass is 10.0. The first-order chi connectivity index (χ1) is 10.2. The van der Waals surface area contributed by atoms with Crippen LogP contribution in [0.5, 0.6) is 0 Å². The number of aromatic nitrogens is 1. The molecule has 1 amide bonds. The first kappa shape index (κ1) is 14.3. The van der Waals surface area contributed by atoms with Gasteiger partial charge < -0.3 is 4.90 Å². The van der Waals surface area contributed by atoms with Crippen LogP contribution in [0.25, 0.3) is 0 Å². The third kappa shape index (κ3) is 3.32. The molecule has 0 radical (unpaired) electrons. The van der Waals surface area contributed by atoms with Crippen molar-refractivity contribution in [3.63, 3.8) is 0 Å². The summed E-state index contributed by atoms with van der Waals surface area (Å²) in [5, 5.41) is 1.97. The van der Waals surface area contributed by atoms with Gasteiger partial charge in [-0.15, -0.1) is 11.3 Å². The third-order valence-electron chi connectivity index (χ3n) is 4.10. The highest BCUT2D eigenvalue weighted by atomic mass is 32.1. The average molecular weight is 300 g/mol. The molecule has 1 saturated heterocycles. The number of pyridine rings is 1. The van der Waals surface area contributed by atoms with Gasteiger partial charge in [0.05, 0.1) is 4.88 Å². The SMILES string of the molecule is Cc1cc(CC[C@H]2CCCN2C(=O)c2cccs2)ccn1. The Kier molecular flexibility index (Phi) is 4.34. The standard InChI is InChI=1S/C17H20N2OS/c1-13-12-14(8-9-18-13)6-7-15-4-2-10-19(15)17(20)16-5-3-11-21-16/h3,5,8-9,11-12,15H,2,4,6-7,10H2,1H3/t15-/m1/s1. The van der Waals surface area contributed by atoms with E-state index in [0.717, 1.165) is 42.8 Å². The van der Waals surface area contributed by atoms with Crippen LogP contribution < -0.4 is 0 Å². The number of nitrogens with zero attached hydrogens (tertiary/aromatic N) is 2. The fourth-order valence-electron chi connectivity index (χ4n) is 3.04. The predicted octanol–water partition coefficient (Wildman–Crippen LogP) is 3.69. The maximum Gasteiger partial charge on any atom is 0.264 e. The third-order valence-corrected chi connectivity index (χ3v) is 4.96. The average Bonchev–Trinajstić information content (AvgIpc) is 3.16. The molecule has 4 heteroatoms. The van der Waals surface area contributed by atoms with Crippen LogP contribution in [0.3, 0.4) is 0 Å². The van der Waals surface area contributed by atoms with Gasteiger partial charge in [-0.3, -0.25) is 9.78 Å². The molecule has 3 heterocycles. The first-order valence-electron chi connectivity index (χ1n) is 7.50. The lowest BCUT2D eigenvalue weighted by molar-refractivity contribution is 0.0735. The minimum atomic E-state index is 0.207. The fourth-order valence-corrected chi connectivity index (χ4v) is 3.72. The van der Waals surface area contributed by atoms with Crippen molar-refractivity contribution in [2.45, 2.75) is 38.6 Å². The molecule has 0 unspecified atom stereocenters. The summed E-state index contributed by atoms with van der Waals surface area (Å²) in [7, 11) is 0. The van der Waals surface area contributed by atoms with Crippen LogP contribution in [0.2, 0.25) is 0 Å². The Labute approximate surface area is 129 Å². The van der Waals surface area contributed by atoms with E-state index < -0.39 is 0 Å². The molecule has 3 rings (SSSR count). The van der Waals surface area contributed by atoms with Crippen molar-refractivity contribution < 1.29 is 4.79 Å². The molecule has 1 aliphatic heterocycles. The maximum atomic E-state index is 12.5. The van der Waals surface area contributed by atoms with E-state index in [0.29, 0.717) is 6.04 Å². The van der Waals surface area contributed by atoms with Crippen molar-refractivity contribution in [2.75, 3.05) is 6.54 Å². The normalized spacial score (nSPS) is 18.1. The Morgan fingerprint density at radius 3 is 3.14 bits per heavy atom. The molecule has 2 aromatic heterocycles. The van der Waals surface area contributed by atoms with Crippen molar-refractivity contribution in [3.8, 4) is 0 Å². The van der Waals surface area contributed by atoms with Gasteiger partial charge >= 0.3 is 0 Å². The molecule has 2 aromatic rings. The van der Waals surface area contributed by atoms with Crippen LogP contribution in [-0.2, 0) is 6.42 Å². The number of hydrogen-bond acceptors (Lipinski definition) is 3. The van der Waals surface area contributed by atoms with Gasteiger partial charge in [-0.25, -0.2) is 0 Å². The van der Waals surface area contributed by atoms with E-state index >= 15 is 0 Å². The molecule has 21 heavy (non-hydrogen) atoms. The summed E-state index contributed by atoms with van der Waals surface area (Å²) in [6.07, 6.45) is 6.18. The van der Waals surface area contributed by atoms with Crippen LogP contribution in [0.4, 0.5) is 0 Å². The molecule has 0 saturated carbocycles. The van der Waals surface area contributed by atoms with Crippen LogP contribution in [0.15, 0.2) is 35.8 Å². The summed E-state index contributed by atoms with van der Waals surface area (Å²) in [5.41, 5.74) is 2.38. The molecule has 1 aliphatic rings. The molecular weight excluding hydrogens is 280 g/mol. The summed E-state index contributed by atoms with van der Waals surface area (Å²) < 4.78 is 0. The van der Waals surface area contributed by atoms with Gasteiger partial charge in [0, 0.05) is 24.5 Å². The lowest BCUT2D eigenvalue weighted by Gasteiger charge is -2.24. The molecule has 0 aromatic carbocycles. The highest BCUT2D eigenvalue weighted by Gasteiger charge is 2.29. The Morgan fingerprint density at radius 2 is 2.38 bits per heavy atom. The minimum Gasteiger partial charge on any atom is -0.335 e. The zero-order chi connectivity index (χ0) is 14.7. The molecule has 1 atom stereocenters. The van der Waals surface area contributed by atoms with E-state index in [-0.39, 0.29) is 5.91 Å². The molecule has 110 valence electrons. The van der Waals surface area contributed by atoms with Crippen molar-refractivity contribution in [2.24, 2.45) is 0 Å². The molecule has 0 spiro atoms. The van der Waals surface area contributed by atoms with E-state index in [1.807, 2.05) is 30.6 Å². The highest BCUT2D eigenvalue weighted by Crippen LogP contribution is 2.25. The largest absolute Gasteiger partial charge is 0.335 e. The number of likely N-dealkylation sites (tertiary alicyclic amines) is 1. The van der Waals surface area contributed by atoms with Crippen LogP contribution in [0.1, 0.15) is 40.2 Å². The summed E-state index contributed by atoms with van der Waals surface area (Å²) in [6.45, 7) is 2.92. The smallest absolute Gasteiger partial charge is 0.264 e. The van der Waals surface area contributed by atoms with Gasteiger partial charge in [-0.2, -0.15) is 0 Å². The van der Waals surface area contributed by atoms with Gasteiger partial charge in [0.2, 0.25) is 0 Å². The second-order valence-electron chi connectivity index (χ2n) is 5.62. The summed E-state index contributed by atoms with van der Waals surface area (Å²) in [6, 6.07) is 8.47. The minimum absolute atomic E-state index is 0.207. The molecule has 1 fully saturated rings. The number of carbonyl (C=O) groups is 1. The first-order valence-corrected chi connectivity index (χ1v) is 8.38. The van der Waals surface area contributed by atoms with Crippen LogP contribution in [-0.4, -0.2) is 28.4 Å². The number of thiophene rings is 1. The Bertz CT molecular complexity index is 609. The quantitative estimate of drug-likeness (QED) is 0.863. The van der Waals surface area contributed by atoms with Gasteiger partial charge in [0.1, 0.15) is 0 Å². The number of rotatable bonds is 4.